The van der Waals surface area contributed by atoms with Gasteiger partial charge in [0.25, 0.3) is 8.32 Å². The van der Waals surface area contributed by atoms with Crippen molar-refractivity contribution in [1.82, 2.24) is 0 Å². The summed E-state index contributed by atoms with van der Waals surface area (Å²) in [6.07, 6.45) is 0. The fraction of sp³-hybridized carbons (Fsp3) is 0. The summed E-state index contributed by atoms with van der Waals surface area (Å²) in [6.45, 7) is 0. The number of fused-ring (bicyclic) bond motifs is 3. The molecule has 0 atom stereocenters. The summed E-state index contributed by atoms with van der Waals surface area (Å²) in [4.78, 5) is 14.1. The topological polar surface area (TPSA) is 20.2 Å². The first-order valence-electron chi connectivity index (χ1n) is 17.2. The lowest BCUT2D eigenvalue weighted by molar-refractivity contribution is 0.584. The lowest BCUT2D eigenvalue weighted by atomic mass is 10.0. The minimum Gasteiger partial charge on any atom is -0.421 e. The fourth-order valence-electron chi connectivity index (χ4n) is 7.63. The summed E-state index contributed by atoms with van der Waals surface area (Å²) < 4.78 is 0. The van der Waals surface area contributed by atoms with Gasteiger partial charge in [-0.1, -0.05) is 182 Å². The Bertz CT molecular complexity index is 2350. The molecule has 1 N–H and O–H groups in total. The molecular weight excluding hydrogens is 621 g/mol. The summed E-state index contributed by atoms with van der Waals surface area (Å²) in [5.74, 6) is 0. The summed E-state index contributed by atoms with van der Waals surface area (Å²) in [5.41, 5.74) is 6.88. The second-order valence-corrected chi connectivity index (χ2v) is 16.1. The van der Waals surface area contributed by atoms with Gasteiger partial charge in [0, 0.05) is 0 Å². The molecule has 0 amide bonds. The smallest absolute Gasteiger partial charge is 0.287 e. The van der Waals surface area contributed by atoms with Crippen molar-refractivity contribution in [1.29, 1.82) is 0 Å². The molecule has 0 fully saturated rings. The largest absolute Gasteiger partial charge is 0.421 e. The Morgan fingerprint density at radius 3 is 0.860 bits per heavy atom. The van der Waals surface area contributed by atoms with Crippen LogP contribution in [0.25, 0.3) is 65.7 Å². The Labute approximate surface area is 293 Å². The Kier molecular flexibility index (Phi) is 7.47. The normalized spacial score (nSPS) is 11.7. The predicted octanol–water partition coefficient (Wildman–Crippen LogP) is 10.1. The molecule has 50 heavy (non-hydrogen) atoms. The van der Waals surface area contributed by atoms with Crippen molar-refractivity contribution in [2.75, 3.05) is 0 Å². The van der Waals surface area contributed by atoms with Gasteiger partial charge < -0.3 is 4.80 Å². The number of hydrogen-bond donors (Lipinski definition) is 1. The van der Waals surface area contributed by atoms with Crippen LogP contribution in [0.15, 0.2) is 200 Å². The first kappa shape index (κ1) is 30.0. The van der Waals surface area contributed by atoms with Crippen molar-refractivity contribution in [3.63, 3.8) is 0 Å². The van der Waals surface area contributed by atoms with Gasteiger partial charge in [-0.15, -0.1) is 0 Å². The molecule has 0 aliphatic carbocycles. The molecular formula is C48H34OSi. The van der Waals surface area contributed by atoms with Crippen LogP contribution in [0.3, 0.4) is 0 Å². The monoisotopic (exact) mass is 654 g/mol. The van der Waals surface area contributed by atoms with E-state index in [0.29, 0.717) is 0 Å². The van der Waals surface area contributed by atoms with Crippen molar-refractivity contribution in [3.8, 4) is 33.4 Å². The van der Waals surface area contributed by atoms with Crippen LogP contribution >= 0.6 is 0 Å². The maximum Gasteiger partial charge on any atom is 0.287 e. The molecule has 9 aromatic rings. The zero-order valence-corrected chi connectivity index (χ0v) is 28.5. The maximum absolute atomic E-state index is 14.1. The summed E-state index contributed by atoms with van der Waals surface area (Å²) in [5, 5.41) is 9.55. The van der Waals surface area contributed by atoms with Crippen LogP contribution in [0.2, 0.25) is 0 Å². The third-order valence-electron chi connectivity index (χ3n) is 10.1. The van der Waals surface area contributed by atoms with E-state index in [0.717, 1.165) is 81.3 Å². The molecule has 0 radical (unpaired) electrons. The molecule has 0 bridgehead atoms. The molecule has 0 saturated heterocycles. The molecule has 0 aromatic heterocycles. The van der Waals surface area contributed by atoms with Crippen molar-refractivity contribution in [2.45, 2.75) is 0 Å². The Morgan fingerprint density at radius 2 is 0.560 bits per heavy atom. The van der Waals surface area contributed by atoms with E-state index in [1.807, 2.05) is 0 Å². The van der Waals surface area contributed by atoms with E-state index < -0.39 is 8.32 Å². The van der Waals surface area contributed by atoms with Crippen LogP contribution in [-0.2, 0) is 0 Å². The van der Waals surface area contributed by atoms with Gasteiger partial charge in [-0.3, -0.25) is 0 Å². The van der Waals surface area contributed by atoms with E-state index in [4.69, 9.17) is 0 Å². The van der Waals surface area contributed by atoms with Crippen molar-refractivity contribution in [2.24, 2.45) is 0 Å². The van der Waals surface area contributed by atoms with E-state index in [2.05, 4.69) is 200 Å². The van der Waals surface area contributed by atoms with Crippen molar-refractivity contribution < 1.29 is 4.80 Å². The van der Waals surface area contributed by atoms with E-state index in [1.165, 1.54) is 0 Å². The Morgan fingerprint density at radius 1 is 0.260 bits per heavy atom. The number of hydrogen-bond acceptors (Lipinski definition) is 1. The third kappa shape index (κ3) is 5.14. The minimum absolute atomic E-state index is 0.989. The zero-order valence-electron chi connectivity index (χ0n) is 27.5. The molecule has 0 aliphatic heterocycles. The highest BCUT2D eigenvalue weighted by Crippen LogP contribution is 2.30. The second kappa shape index (κ2) is 12.4. The molecule has 0 spiro atoms. The molecule has 0 unspecified atom stereocenters. The van der Waals surface area contributed by atoms with Gasteiger partial charge in [0.15, 0.2) is 0 Å². The van der Waals surface area contributed by atoms with Gasteiger partial charge in [0.2, 0.25) is 0 Å². The van der Waals surface area contributed by atoms with E-state index in [1.54, 1.807) is 0 Å². The standard InChI is InChI=1S/C48H34OSi/c49-50(46-22-10-19-37-25-28-40(31-43(37)46)34-13-4-1-5-14-34,47-23-11-20-38-26-29-41(32-44(38)47)35-15-6-2-7-16-35)48-24-12-21-39-27-30-42(33-45(39)48)36-17-8-3-9-18-36/h1-33,49H. The first-order valence-corrected chi connectivity index (χ1v) is 19.1. The number of benzene rings is 9. The van der Waals surface area contributed by atoms with Gasteiger partial charge in [0.05, 0.1) is 0 Å². The average Bonchev–Trinajstić information content (AvgIpc) is 3.20. The highest BCUT2D eigenvalue weighted by molar-refractivity contribution is 7.09. The molecule has 0 heterocycles. The van der Waals surface area contributed by atoms with E-state index in [9.17, 15) is 4.80 Å². The van der Waals surface area contributed by atoms with Crippen molar-refractivity contribution >= 4 is 56.2 Å². The summed E-state index contributed by atoms with van der Waals surface area (Å²) in [6, 6.07) is 70.9. The molecule has 236 valence electrons. The molecule has 2 heteroatoms. The lowest BCUT2D eigenvalue weighted by Crippen LogP contribution is -2.68. The van der Waals surface area contributed by atoms with Gasteiger partial charge in [0.1, 0.15) is 0 Å². The predicted molar refractivity (Wildman–Crippen MR) is 215 cm³/mol. The lowest BCUT2D eigenvalue weighted by Gasteiger charge is -2.31. The zero-order chi connectivity index (χ0) is 33.5. The van der Waals surface area contributed by atoms with E-state index in [-0.39, 0.29) is 0 Å². The quantitative estimate of drug-likeness (QED) is 0.140. The highest BCUT2D eigenvalue weighted by atomic mass is 28.4. The minimum atomic E-state index is -3.74. The highest BCUT2D eigenvalue weighted by Gasteiger charge is 2.42. The Hall–Kier alpha value is -6.06. The van der Waals surface area contributed by atoms with Crippen molar-refractivity contribution in [3.05, 3.63) is 200 Å². The first-order chi connectivity index (χ1) is 24.7. The average molecular weight is 655 g/mol. The summed E-state index contributed by atoms with van der Waals surface area (Å²) >= 11 is 0. The van der Waals surface area contributed by atoms with Gasteiger partial charge in [-0.25, -0.2) is 0 Å². The number of rotatable bonds is 6. The summed E-state index contributed by atoms with van der Waals surface area (Å²) in [7, 11) is -3.74. The van der Waals surface area contributed by atoms with Gasteiger partial charge in [-0.05, 0) is 99.5 Å². The Balaban J connectivity index is 1.38. The molecule has 9 rings (SSSR count). The third-order valence-corrected chi connectivity index (χ3v) is 13.8. The fourth-order valence-corrected chi connectivity index (χ4v) is 11.3. The molecule has 1 nitrogen and oxygen atoms in total. The van der Waals surface area contributed by atoms with Crippen LogP contribution in [0.4, 0.5) is 0 Å². The van der Waals surface area contributed by atoms with Crippen LogP contribution in [0.1, 0.15) is 0 Å². The van der Waals surface area contributed by atoms with Crippen LogP contribution in [0.5, 0.6) is 0 Å². The molecule has 0 aliphatic rings. The van der Waals surface area contributed by atoms with Crippen LogP contribution in [-0.4, -0.2) is 13.1 Å². The van der Waals surface area contributed by atoms with Crippen LogP contribution < -0.4 is 15.6 Å². The molecule has 9 aromatic carbocycles. The molecule has 0 saturated carbocycles. The van der Waals surface area contributed by atoms with Gasteiger partial charge in [-0.2, -0.15) is 0 Å². The second-order valence-electron chi connectivity index (χ2n) is 13.0. The van der Waals surface area contributed by atoms with E-state index >= 15 is 0 Å². The SMILES string of the molecule is O[Si](c1cccc2ccc(-c3ccccc3)cc12)(c1cccc2ccc(-c3ccccc3)cc12)c1cccc2ccc(-c3ccccc3)cc12. The van der Waals surface area contributed by atoms with Crippen LogP contribution in [0, 0.1) is 0 Å². The van der Waals surface area contributed by atoms with Gasteiger partial charge >= 0.3 is 0 Å². The maximum atomic E-state index is 14.1.